The Morgan fingerprint density at radius 3 is 2.87 bits per heavy atom. The summed E-state index contributed by atoms with van der Waals surface area (Å²) in [5.41, 5.74) is -0.118. The first-order valence-electron chi connectivity index (χ1n) is 6.94. The minimum absolute atomic E-state index is 0.137. The predicted octanol–water partition coefficient (Wildman–Crippen LogP) is 2.14. The van der Waals surface area contributed by atoms with Gasteiger partial charge in [-0.1, -0.05) is 11.6 Å². The molecule has 8 heteroatoms. The molecule has 2 unspecified atom stereocenters. The van der Waals surface area contributed by atoms with Crippen LogP contribution in [0.2, 0.25) is 5.02 Å². The zero-order valence-corrected chi connectivity index (χ0v) is 12.6. The maximum atomic E-state index is 12.2. The molecule has 2 atom stereocenters. The molecule has 0 saturated carbocycles. The van der Waals surface area contributed by atoms with E-state index in [1.807, 2.05) is 0 Å². The number of nitro groups is 1. The fraction of sp³-hybridized carbons (Fsp3) is 0.267. The summed E-state index contributed by atoms with van der Waals surface area (Å²) in [6.07, 6.45) is 0.757. The van der Waals surface area contributed by atoms with Crippen LogP contribution in [-0.2, 0) is 0 Å². The highest BCUT2D eigenvalue weighted by atomic mass is 35.5. The number of fused-ring (bicyclic) bond motifs is 1. The first kappa shape index (κ1) is 15.5. The van der Waals surface area contributed by atoms with E-state index in [0.29, 0.717) is 16.3 Å². The molecule has 2 aromatic rings. The van der Waals surface area contributed by atoms with Gasteiger partial charge in [0.2, 0.25) is 0 Å². The molecule has 120 valence electrons. The summed E-state index contributed by atoms with van der Waals surface area (Å²) in [5, 5.41) is 21.8. The van der Waals surface area contributed by atoms with Crippen LogP contribution >= 0.6 is 11.6 Å². The van der Waals surface area contributed by atoms with Gasteiger partial charge in [-0.3, -0.25) is 14.9 Å². The van der Waals surface area contributed by atoms with E-state index >= 15 is 0 Å². The van der Waals surface area contributed by atoms with Crippen molar-refractivity contribution in [2.24, 2.45) is 0 Å². The van der Waals surface area contributed by atoms with Gasteiger partial charge in [-0.05, 0) is 12.1 Å². The van der Waals surface area contributed by atoms with Crippen molar-refractivity contribution in [3.8, 4) is 5.75 Å². The Morgan fingerprint density at radius 2 is 2.13 bits per heavy atom. The summed E-state index contributed by atoms with van der Waals surface area (Å²) in [4.78, 5) is 22.7. The maximum absolute atomic E-state index is 12.2. The van der Waals surface area contributed by atoms with Gasteiger partial charge in [0.25, 0.3) is 11.2 Å². The topological polar surface area (TPSA) is 94.6 Å². The molecule has 3 rings (SSSR count). The Hall–Kier alpha value is -2.38. The fourth-order valence-corrected chi connectivity index (χ4v) is 2.86. The Morgan fingerprint density at radius 1 is 1.35 bits per heavy atom. The largest absolute Gasteiger partial charge is 0.493 e. The minimum atomic E-state index is -0.936. The normalized spacial score (nSPS) is 20.3. The highest BCUT2D eigenvalue weighted by Crippen LogP contribution is 2.36. The van der Waals surface area contributed by atoms with Crippen LogP contribution < -0.4 is 10.3 Å². The number of ether oxygens (including phenoxy) is 1. The van der Waals surface area contributed by atoms with Gasteiger partial charge in [0.05, 0.1) is 28.7 Å². The number of non-ortho nitro benzene ring substituents is 1. The first-order valence-corrected chi connectivity index (χ1v) is 7.32. The lowest BCUT2D eigenvalue weighted by atomic mass is 9.98. The average molecular weight is 337 g/mol. The highest BCUT2D eigenvalue weighted by molar-refractivity contribution is 6.30. The number of pyridine rings is 1. The van der Waals surface area contributed by atoms with Crippen molar-refractivity contribution in [2.75, 3.05) is 6.61 Å². The molecule has 0 radical (unpaired) electrons. The lowest BCUT2D eigenvalue weighted by Gasteiger charge is -2.23. The number of hydrogen-bond acceptors (Lipinski definition) is 5. The summed E-state index contributed by atoms with van der Waals surface area (Å²) in [5.74, 6) is 0.407. The number of rotatable bonds is 2. The average Bonchev–Trinajstić information content (AvgIpc) is 2.67. The molecule has 0 amide bonds. The van der Waals surface area contributed by atoms with Crippen LogP contribution in [0.3, 0.4) is 0 Å². The van der Waals surface area contributed by atoms with Crippen LogP contribution in [0.4, 0.5) is 5.69 Å². The molecule has 2 heterocycles. The maximum Gasteiger partial charge on any atom is 0.270 e. The minimum Gasteiger partial charge on any atom is -0.493 e. The van der Waals surface area contributed by atoms with Crippen LogP contribution in [0.1, 0.15) is 18.0 Å². The van der Waals surface area contributed by atoms with Gasteiger partial charge >= 0.3 is 0 Å². The lowest BCUT2D eigenvalue weighted by molar-refractivity contribution is -0.385. The Balaban J connectivity index is 2.23. The van der Waals surface area contributed by atoms with Crippen molar-refractivity contribution in [3.05, 3.63) is 67.6 Å². The molecule has 0 spiro atoms. The fourth-order valence-electron chi connectivity index (χ4n) is 2.70. The number of nitrogens with zero attached hydrogens (tertiary/aromatic N) is 2. The third-order valence-corrected chi connectivity index (χ3v) is 3.98. The van der Waals surface area contributed by atoms with Gasteiger partial charge < -0.3 is 14.4 Å². The molecule has 0 aliphatic carbocycles. The summed E-state index contributed by atoms with van der Waals surface area (Å²) in [6, 6.07) is 6.06. The van der Waals surface area contributed by atoms with Gasteiger partial charge in [-0.15, -0.1) is 0 Å². The van der Waals surface area contributed by atoms with Crippen molar-refractivity contribution in [3.63, 3.8) is 0 Å². The van der Waals surface area contributed by atoms with Crippen LogP contribution in [-0.4, -0.2) is 27.3 Å². The molecule has 1 aliphatic rings. The molecule has 1 aromatic heterocycles. The highest BCUT2D eigenvalue weighted by Gasteiger charge is 2.31. The third-order valence-electron chi connectivity index (χ3n) is 3.76. The molecule has 1 aliphatic heterocycles. The van der Waals surface area contributed by atoms with Crippen molar-refractivity contribution >= 4 is 17.3 Å². The van der Waals surface area contributed by atoms with Gasteiger partial charge in [0, 0.05) is 36.4 Å². The Labute approximate surface area is 135 Å². The van der Waals surface area contributed by atoms with E-state index in [-0.39, 0.29) is 24.3 Å². The lowest BCUT2D eigenvalue weighted by Crippen LogP contribution is -2.32. The van der Waals surface area contributed by atoms with Crippen molar-refractivity contribution < 1.29 is 14.8 Å². The molecule has 0 saturated heterocycles. The SMILES string of the molecule is O=c1ccc(Cl)cn1C1c2cc([N+](=O)[O-])ccc2OCCC1O. The monoisotopic (exact) mass is 336 g/mol. The molecule has 7 nitrogen and oxygen atoms in total. The number of nitro benzene ring substituents is 1. The summed E-state index contributed by atoms with van der Waals surface area (Å²) in [7, 11) is 0. The van der Waals surface area contributed by atoms with Gasteiger partial charge in [-0.25, -0.2) is 0 Å². The van der Waals surface area contributed by atoms with Gasteiger partial charge in [-0.2, -0.15) is 0 Å². The molecule has 0 fully saturated rings. The van der Waals surface area contributed by atoms with E-state index < -0.39 is 17.1 Å². The molecular weight excluding hydrogens is 324 g/mol. The number of hydrogen-bond donors (Lipinski definition) is 1. The predicted molar refractivity (Wildman–Crippen MR) is 83.1 cm³/mol. The second-order valence-electron chi connectivity index (χ2n) is 5.22. The number of aliphatic hydroxyl groups is 1. The number of halogens is 1. The third kappa shape index (κ3) is 2.93. The zero-order chi connectivity index (χ0) is 16.6. The number of aromatic nitrogens is 1. The summed E-state index contributed by atoms with van der Waals surface area (Å²) in [6.45, 7) is 0.248. The molecule has 23 heavy (non-hydrogen) atoms. The van der Waals surface area contributed by atoms with E-state index in [2.05, 4.69) is 0 Å². The van der Waals surface area contributed by atoms with Crippen LogP contribution in [0.25, 0.3) is 0 Å². The van der Waals surface area contributed by atoms with E-state index in [1.54, 1.807) is 0 Å². The van der Waals surface area contributed by atoms with E-state index in [1.165, 1.54) is 41.1 Å². The van der Waals surface area contributed by atoms with Crippen molar-refractivity contribution in [1.82, 2.24) is 4.57 Å². The summed E-state index contributed by atoms with van der Waals surface area (Å²) >= 11 is 5.95. The zero-order valence-electron chi connectivity index (χ0n) is 11.9. The van der Waals surface area contributed by atoms with Crippen LogP contribution in [0.15, 0.2) is 41.3 Å². The van der Waals surface area contributed by atoms with E-state index in [4.69, 9.17) is 16.3 Å². The van der Waals surface area contributed by atoms with Crippen molar-refractivity contribution in [1.29, 1.82) is 0 Å². The van der Waals surface area contributed by atoms with Gasteiger partial charge in [0.15, 0.2) is 0 Å². The summed E-state index contributed by atoms with van der Waals surface area (Å²) < 4.78 is 6.83. The van der Waals surface area contributed by atoms with Gasteiger partial charge in [0.1, 0.15) is 5.75 Å². The second-order valence-corrected chi connectivity index (χ2v) is 5.66. The second kappa shape index (κ2) is 6.02. The quantitative estimate of drug-likeness (QED) is 0.669. The number of aliphatic hydroxyl groups excluding tert-OH is 1. The van der Waals surface area contributed by atoms with E-state index in [0.717, 1.165) is 0 Å². The smallest absolute Gasteiger partial charge is 0.270 e. The Kier molecular flexibility index (Phi) is 4.06. The van der Waals surface area contributed by atoms with Crippen LogP contribution in [0, 0.1) is 10.1 Å². The van der Waals surface area contributed by atoms with E-state index in [9.17, 15) is 20.0 Å². The molecule has 1 aromatic carbocycles. The number of benzene rings is 1. The standard InChI is InChI=1S/C15H13ClN2O5/c16-9-1-4-14(20)17(8-9)15-11-7-10(18(21)22)2-3-13(11)23-6-5-12(15)19/h1-4,7-8,12,15,19H,5-6H2. The first-order chi connectivity index (χ1) is 11.0. The van der Waals surface area contributed by atoms with Crippen LogP contribution in [0.5, 0.6) is 5.75 Å². The molecule has 0 bridgehead atoms. The molecular formula is C15H13ClN2O5. The Bertz CT molecular complexity index is 820. The van der Waals surface area contributed by atoms with Crippen molar-refractivity contribution in [2.45, 2.75) is 18.6 Å². The molecule has 1 N–H and O–H groups in total.